The van der Waals surface area contributed by atoms with Crippen LogP contribution >= 0.6 is 54.0 Å². The smallest absolute Gasteiger partial charge is 0.354 e. The summed E-state index contributed by atoms with van der Waals surface area (Å²) in [7, 11) is 0. The quantitative estimate of drug-likeness (QED) is 0.0779. The Morgan fingerprint density at radius 3 is 1.48 bits per heavy atom. The molecule has 2 aliphatic carbocycles. The molecule has 0 aromatic carbocycles. The summed E-state index contributed by atoms with van der Waals surface area (Å²) in [5.41, 5.74) is 6.22. The van der Waals surface area contributed by atoms with Crippen molar-refractivity contribution in [1.29, 1.82) is 0 Å². The number of carbonyl (C=O) groups is 4. The molecule has 6 aliphatic heterocycles. The number of nitrogens with one attached hydrogen (secondary N) is 2. The van der Waals surface area contributed by atoms with Gasteiger partial charge in [-0.15, -0.1) is 0 Å². The number of halogens is 4. The maximum absolute atomic E-state index is 13.6. The monoisotopic (exact) mass is 1240 g/mol. The van der Waals surface area contributed by atoms with E-state index < -0.39 is 59.2 Å². The van der Waals surface area contributed by atoms with Crippen LogP contribution in [-0.2, 0) is 18.9 Å². The first-order chi connectivity index (χ1) is 37.5. The number of pyridine rings is 4. The van der Waals surface area contributed by atoms with Crippen LogP contribution in [0.15, 0.2) is 60.9 Å². The molecule has 10 heterocycles. The lowest BCUT2D eigenvalue weighted by Crippen LogP contribution is -2.56. The van der Waals surface area contributed by atoms with Crippen LogP contribution in [0.3, 0.4) is 0 Å². The average Bonchev–Trinajstić information content (AvgIpc) is 4.14. The van der Waals surface area contributed by atoms with Crippen molar-refractivity contribution in [3.8, 4) is 11.5 Å². The summed E-state index contributed by atoms with van der Waals surface area (Å²) in [5.74, 6) is -6.73. The standard InChI is InChI=1S/C27H31F2N5O5.C23H27N5O6.C3H5F2N.4H2S/c1-26(2)38-15-19(39-26)14-37-18-7-8-30-23(11-18)32-25(36)34-17-4-3-9-33(13-17)21-6-5-20(31-24(21)34)22(35)10-16-12-27(16,28)29;1-23(2)33-13-16(34-23)12-32-15-7-8-24-19(10-15)26-22(31)28-14-4-3-9-27(11-14)18-6-5-17(21(29)30)25-20(18)28;4-3(5)1-2(3)6;;;;/h5-8,11,16-17,19H,3-4,9-10,12-15H2,1-2H3,(H,30,32,36);5-8,10,14,16H,3-4,9,11-13H2,1-2H3,(H,29,30)(H,24,26,31);2H,1,6H2;4*1H2/t16?,17-,19-;14-,16-;;;;;/m00...../s1. The molecule has 12 rings (SSSR count). The Labute approximate surface area is 505 Å². The van der Waals surface area contributed by atoms with Crippen LogP contribution in [0.25, 0.3) is 0 Å². The summed E-state index contributed by atoms with van der Waals surface area (Å²) in [5, 5.41) is 15.1. The third-order valence-electron chi connectivity index (χ3n) is 14.5. The summed E-state index contributed by atoms with van der Waals surface area (Å²) in [6, 6.07) is 11.2. The largest absolute Gasteiger partial charge is 0.491 e. The molecule has 6 fully saturated rings. The van der Waals surface area contributed by atoms with Gasteiger partial charge < -0.3 is 49.1 Å². The zero-order valence-electron chi connectivity index (χ0n) is 46.0. The highest BCUT2D eigenvalue weighted by Crippen LogP contribution is 2.51. The van der Waals surface area contributed by atoms with Crippen LogP contribution in [0.2, 0.25) is 0 Å². The topological polar surface area (TPSA) is 258 Å². The number of piperidine rings is 2. The second kappa shape index (κ2) is 26.8. The predicted molar refractivity (Wildman–Crippen MR) is 319 cm³/mol. The zero-order valence-corrected chi connectivity index (χ0v) is 50.0. The number of fused-ring (bicyclic) bond motifs is 8. The van der Waals surface area contributed by atoms with Crippen molar-refractivity contribution in [1.82, 2.24) is 19.9 Å². The summed E-state index contributed by atoms with van der Waals surface area (Å²) in [6.45, 7) is 11.8. The van der Waals surface area contributed by atoms with E-state index in [0.717, 1.165) is 50.1 Å². The number of alkyl halides is 4. The first-order valence-electron chi connectivity index (χ1n) is 26.3. The minimum Gasteiger partial charge on any atom is -0.491 e. The van der Waals surface area contributed by atoms with E-state index in [2.05, 4.69) is 40.4 Å². The van der Waals surface area contributed by atoms with Crippen molar-refractivity contribution in [2.45, 2.75) is 126 Å². The van der Waals surface area contributed by atoms with Gasteiger partial charge in [0, 0.05) is 75.9 Å². The lowest BCUT2D eigenvalue weighted by Gasteiger charge is -2.45. The van der Waals surface area contributed by atoms with E-state index in [9.17, 15) is 41.8 Å². The van der Waals surface area contributed by atoms with Crippen molar-refractivity contribution in [3.63, 3.8) is 0 Å². The number of carboxylic acids is 1. The second-order valence-corrected chi connectivity index (χ2v) is 21.6. The predicted octanol–water partition coefficient (Wildman–Crippen LogP) is 7.79. The molecule has 2 saturated carbocycles. The van der Waals surface area contributed by atoms with E-state index in [-0.39, 0.29) is 116 Å². The van der Waals surface area contributed by atoms with E-state index in [1.807, 2.05) is 27.7 Å². The number of aromatic nitrogens is 4. The number of amides is 4. The molecule has 4 bridgehead atoms. The maximum Gasteiger partial charge on any atom is 0.354 e. The molecule has 2 unspecified atom stereocenters. The fraction of sp³-hybridized carbons (Fsp3) is 0.547. The number of rotatable bonds is 12. The summed E-state index contributed by atoms with van der Waals surface area (Å²) in [4.78, 5) is 75.9. The number of nitrogens with two attached hydrogens (primary N) is 1. The number of hydrogen-bond acceptors (Lipinski definition) is 17. The number of anilines is 6. The molecule has 4 aromatic heterocycles. The molecule has 83 heavy (non-hydrogen) atoms. The van der Waals surface area contributed by atoms with Crippen molar-refractivity contribution in [3.05, 3.63) is 72.3 Å². The fourth-order valence-electron chi connectivity index (χ4n) is 10.2. The van der Waals surface area contributed by atoms with Crippen molar-refractivity contribution < 1.29 is 70.3 Å². The summed E-state index contributed by atoms with van der Waals surface area (Å²) >= 11 is 0. The van der Waals surface area contributed by atoms with Crippen molar-refractivity contribution >= 4 is 112 Å². The molecule has 4 saturated heterocycles. The third-order valence-corrected chi connectivity index (χ3v) is 14.5. The first-order valence-corrected chi connectivity index (χ1v) is 26.3. The van der Waals surface area contributed by atoms with E-state index >= 15 is 0 Å². The Morgan fingerprint density at radius 1 is 0.675 bits per heavy atom. The second-order valence-electron chi connectivity index (χ2n) is 21.6. The molecule has 456 valence electrons. The van der Waals surface area contributed by atoms with Crippen molar-refractivity contribution in [2.24, 2.45) is 11.7 Å². The Bertz CT molecular complexity index is 2980. The van der Waals surface area contributed by atoms with Gasteiger partial charge in [0.15, 0.2) is 34.7 Å². The molecule has 22 nitrogen and oxygen atoms in total. The molecular weight excluding hydrogens is 1170 g/mol. The SMILES string of the molecule is CC1(C)OC[C@H](COc2ccnc(NC(=O)N3c4nc(C(=O)CC5CC5(F)F)ccc4N4CCC[C@H]3C4)c2)O1.CC1(C)OC[C@H](COc2ccnc(NC(=O)N3c4nc(C(=O)O)ccc4N4CCC[C@H]3C4)c2)O1.NC1CC1(F)F.S.S.S.S. The molecule has 6 atom stereocenters. The lowest BCUT2D eigenvalue weighted by atomic mass is 9.99. The first kappa shape index (κ1) is 66.5. The van der Waals surface area contributed by atoms with Crippen LogP contribution in [0.5, 0.6) is 11.5 Å². The highest BCUT2D eigenvalue weighted by atomic mass is 32.1. The van der Waals surface area contributed by atoms with E-state index in [0.29, 0.717) is 67.7 Å². The maximum atomic E-state index is 13.6. The average molecular weight is 1240 g/mol. The Hall–Kier alpha value is -5.60. The zero-order chi connectivity index (χ0) is 56.0. The molecule has 4 aromatic rings. The molecule has 0 radical (unpaired) electrons. The van der Waals surface area contributed by atoms with Crippen LogP contribution in [0.1, 0.15) is 93.6 Å². The lowest BCUT2D eigenvalue weighted by molar-refractivity contribution is -0.141. The highest BCUT2D eigenvalue weighted by Gasteiger charge is 2.57. The minimum atomic E-state index is -2.78. The van der Waals surface area contributed by atoms with Gasteiger partial charge in [0.25, 0.3) is 11.8 Å². The number of carboxylic acid groups (broad SMARTS) is 1. The number of aromatic carboxylic acids is 1. The minimum absolute atomic E-state index is 0. The Kier molecular flexibility index (Phi) is 21.5. The van der Waals surface area contributed by atoms with Crippen LogP contribution < -0.4 is 45.4 Å². The van der Waals surface area contributed by atoms with E-state index in [1.165, 1.54) is 12.3 Å². The van der Waals surface area contributed by atoms with Crippen LogP contribution in [0, 0.1) is 5.92 Å². The Morgan fingerprint density at radius 2 is 1.10 bits per heavy atom. The number of carbonyl (C=O) groups excluding carboxylic acids is 3. The van der Waals surface area contributed by atoms with Gasteiger partial charge in [0.1, 0.15) is 54.3 Å². The number of hydrogen-bond donors (Lipinski definition) is 4. The van der Waals surface area contributed by atoms with Gasteiger partial charge in [-0.05, 0) is 89.8 Å². The normalized spacial score (nSPS) is 24.4. The summed E-state index contributed by atoms with van der Waals surface area (Å²) in [6.07, 6.45) is 5.45. The highest BCUT2D eigenvalue weighted by molar-refractivity contribution is 7.59. The number of urea groups is 2. The summed E-state index contributed by atoms with van der Waals surface area (Å²) < 4.78 is 83.9. The number of Topliss-reactive ketones (excluding diaryl/α,β-unsaturated/α-hetero) is 1. The molecule has 8 aliphatic rings. The number of nitrogens with zero attached hydrogens (tertiary/aromatic N) is 8. The molecular formula is C53H71F4N11O11S4. The third kappa shape index (κ3) is 16.0. The van der Waals surface area contributed by atoms with Gasteiger partial charge in [-0.1, -0.05) is 0 Å². The number of ketones is 1. The van der Waals surface area contributed by atoms with Gasteiger partial charge in [-0.2, -0.15) is 54.0 Å². The Balaban J connectivity index is 0.000000233. The van der Waals surface area contributed by atoms with Crippen LogP contribution in [-0.4, -0.2) is 155 Å². The van der Waals surface area contributed by atoms with Gasteiger partial charge in [-0.25, -0.2) is 51.9 Å². The van der Waals surface area contributed by atoms with Crippen molar-refractivity contribution in [2.75, 3.05) is 82.8 Å². The molecule has 5 N–H and O–H groups in total. The molecule has 0 spiro atoms. The van der Waals surface area contributed by atoms with E-state index in [4.69, 9.17) is 34.2 Å². The molecule has 4 amide bonds. The number of ether oxygens (including phenoxy) is 6. The van der Waals surface area contributed by atoms with Gasteiger partial charge in [0.05, 0.1) is 42.7 Å². The molecule has 30 heteroatoms. The fourth-order valence-corrected chi connectivity index (χ4v) is 10.2. The van der Waals surface area contributed by atoms with Crippen LogP contribution in [0.4, 0.5) is 61.8 Å². The van der Waals surface area contributed by atoms with Gasteiger partial charge >= 0.3 is 18.0 Å². The van der Waals surface area contributed by atoms with Gasteiger partial charge in [-0.3, -0.25) is 25.2 Å². The van der Waals surface area contributed by atoms with Gasteiger partial charge in [0.2, 0.25) is 0 Å². The van der Waals surface area contributed by atoms with E-state index in [1.54, 1.807) is 58.5 Å².